The van der Waals surface area contributed by atoms with E-state index in [1.165, 1.54) is 0 Å². The second kappa shape index (κ2) is 9.37. The Balaban J connectivity index is 1.49. The van der Waals surface area contributed by atoms with E-state index in [1.54, 1.807) is 19.1 Å². The van der Waals surface area contributed by atoms with Crippen LogP contribution >= 0.6 is 0 Å². The molecule has 0 aliphatic carbocycles. The fraction of sp³-hybridized carbons (Fsp3) is 0.320. The Labute approximate surface area is 182 Å². The van der Waals surface area contributed by atoms with Crippen molar-refractivity contribution in [3.8, 4) is 22.6 Å². The predicted molar refractivity (Wildman–Crippen MR) is 122 cm³/mol. The van der Waals surface area contributed by atoms with Gasteiger partial charge in [0.2, 0.25) is 5.91 Å². The molecule has 6 heteroatoms. The Kier molecular flexibility index (Phi) is 6.39. The van der Waals surface area contributed by atoms with Crippen LogP contribution in [0.1, 0.15) is 0 Å². The van der Waals surface area contributed by atoms with Crippen LogP contribution < -0.4 is 9.47 Å². The first-order valence-electron chi connectivity index (χ1n) is 10.5. The molecule has 162 valence electrons. The number of carbonyl (C=O) groups excluding carboxylic acids is 1. The largest absolute Gasteiger partial charge is 0.497 e. The summed E-state index contributed by atoms with van der Waals surface area (Å²) in [6, 6.07) is 20.1. The highest BCUT2D eigenvalue weighted by Crippen LogP contribution is 2.35. The van der Waals surface area contributed by atoms with Crippen molar-refractivity contribution in [1.82, 2.24) is 9.80 Å². The molecule has 3 aromatic rings. The topological polar surface area (TPSA) is 62.2 Å². The molecule has 1 heterocycles. The van der Waals surface area contributed by atoms with Gasteiger partial charge >= 0.3 is 0 Å². The molecule has 31 heavy (non-hydrogen) atoms. The lowest BCUT2D eigenvalue weighted by atomic mass is 9.97. The molecule has 1 aliphatic heterocycles. The van der Waals surface area contributed by atoms with E-state index in [2.05, 4.69) is 12.1 Å². The van der Waals surface area contributed by atoms with Crippen molar-refractivity contribution in [2.75, 3.05) is 46.9 Å². The number of carbonyl (C=O) groups is 1. The average Bonchev–Trinajstić information content (AvgIpc) is 2.80. The van der Waals surface area contributed by atoms with Gasteiger partial charge in [-0.2, -0.15) is 0 Å². The molecule has 1 atom stereocenters. The van der Waals surface area contributed by atoms with E-state index in [1.807, 2.05) is 53.4 Å². The summed E-state index contributed by atoms with van der Waals surface area (Å²) in [5.74, 6) is 1.63. The van der Waals surface area contributed by atoms with Gasteiger partial charge in [-0.1, -0.05) is 42.5 Å². The molecule has 6 nitrogen and oxygen atoms in total. The number of aliphatic hydroxyl groups is 1. The fourth-order valence-corrected chi connectivity index (χ4v) is 3.94. The summed E-state index contributed by atoms with van der Waals surface area (Å²) < 4.78 is 11.4. The number of rotatable bonds is 7. The zero-order valence-electron chi connectivity index (χ0n) is 18.0. The number of nitrogens with zero attached hydrogens (tertiary/aromatic N) is 2. The lowest BCUT2D eigenvalue weighted by molar-refractivity contribution is -0.135. The normalized spacial score (nSPS) is 15.8. The Hall–Kier alpha value is -3.09. The number of likely N-dealkylation sites (N-methyl/N-ethyl adjacent to an activating group) is 1. The number of hydrogen-bond donors (Lipinski definition) is 1. The van der Waals surface area contributed by atoms with Gasteiger partial charge in [0.15, 0.2) is 0 Å². The summed E-state index contributed by atoms with van der Waals surface area (Å²) in [6.07, 6.45) is -0.673. The number of methoxy groups -OCH3 is 1. The van der Waals surface area contributed by atoms with Gasteiger partial charge in [0.25, 0.3) is 0 Å². The first kappa shape index (κ1) is 21.2. The molecule has 1 amide bonds. The second-order valence-electron chi connectivity index (χ2n) is 7.90. The Morgan fingerprint density at radius 2 is 1.84 bits per heavy atom. The highest BCUT2D eigenvalue weighted by Gasteiger charge is 2.23. The maximum absolute atomic E-state index is 11.9. The molecule has 0 saturated carbocycles. The zero-order valence-corrected chi connectivity index (χ0v) is 18.0. The molecule has 1 saturated heterocycles. The summed E-state index contributed by atoms with van der Waals surface area (Å²) in [6.45, 7) is 2.37. The minimum atomic E-state index is -0.673. The van der Waals surface area contributed by atoms with Gasteiger partial charge in [0.05, 0.1) is 13.7 Å². The molecule has 3 aromatic carbocycles. The zero-order chi connectivity index (χ0) is 21.8. The average molecular weight is 421 g/mol. The van der Waals surface area contributed by atoms with E-state index in [0.29, 0.717) is 19.6 Å². The molecule has 1 aliphatic rings. The van der Waals surface area contributed by atoms with Crippen molar-refractivity contribution in [3.63, 3.8) is 0 Å². The Morgan fingerprint density at radius 1 is 1.03 bits per heavy atom. The summed E-state index contributed by atoms with van der Waals surface area (Å²) in [5.41, 5.74) is 2.17. The van der Waals surface area contributed by atoms with Crippen LogP contribution in [0.3, 0.4) is 0 Å². The number of hydrogen-bond acceptors (Lipinski definition) is 5. The van der Waals surface area contributed by atoms with Crippen molar-refractivity contribution in [2.24, 2.45) is 0 Å². The van der Waals surface area contributed by atoms with Crippen LogP contribution in [0.2, 0.25) is 0 Å². The predicted octanol–water partition coefficient (Wildman–Crippen LogP) is 3.03. The number of fused-ring (bicyclic) bond motifs is 1. The standard InChI is InChI=1S/C25H28N2O4/c1-26-12-13-27(16-25(26)29)15-19(28)17-31-24-11-10-21(22-8-3-4-9-23(22)24)18-6-5-7-20(14-18)30-2/h3-11,14,19,28H,12-13,15-17H2,1-2H3. The van der Waals surface area contributed by atoms with Gasteiger partial charge in [0, 0.05) is 32.1 Å². The molecular formula is C25H28N2O4. The van der Waals surface area contributed by atoms with Crippen LogP contribution in [-0.4, -0.2) is 73.9 Å². The van der Waals surface area contributed by atoms with Crippen molar-refractivity contribution < 1.29 is 19.4 Å². The van der Waals surface area contributed by atoms with Crippen LogP contribution in [0, 0.1) is 0 Å². The minimum Gasteiger partial charge on any atom is -0.497 e. The van der Waals surface area contributed by atoms with Gasteiger partial charge in [-0.25, -0.2) is 0 Å². The van der Waals surface area contributed by atoms with E-state index in [-0.39, 0.29) is 12.5 Å². The summed E-state index contributed by atoms with van der Waals surface area (Å²) in [4.78, 5) is 15.6. The Morgan fingerprint density at radius 3 is 2.61 bits per heavy atom. The highest BCUT2D eigenvalue weighted by molar-refractivity contribution is 6.00. The molecule has 1 fully saturated rings. The molecule has 0 spiro atoms. The van der Waals surface area contributed by atoms with Crippen molar-refractivity contribution in [2.45, 2.75) is 6.10 Å². The van der Waals surface area contributed by atoms with E-state index in [9.17, 15) is 9.90 Å². The third-order valence-corrected chi connectivity index (χ3v) is 5.70. The number of β-amino-alcohol motifs (C(OH)–C–C–N with tert-alkyl or cyclic N) is 1. The summed E-state index contributed by atoms with van der Waals surface area (Å²) >= 11 is 0. The maximum atomic E-state index is 11.9. The van der Waals surface area contributed by atoms with Gasteiger partial charge in [-0.05, 0) is 34.7 Å². The first-order valence-corrected chi connectivity index (χ1v) is 10.5. The molecule has 0 bridgehead atoms. The third kappa shape index (κ3) is 4.81. The fourth-order valence-electron chi connectivity index (χ4n) is 3.94. The first-order chi connectivity index (χ1) is 15.0. The number of benzene rings is 3. The van der Waals surface area contributed by atoms with E-state index in [0.717, 1.165) is 39.9 Å². The maximum Gasteiger partial charge on any atom is 0.236 e. The smallest absolute Gasteiger partial charge is 0.236 e. The van der Waals surface area contributed by atoms with Crippen molar-refractivity contribution >= 4 is 16.7 Å². The number of piperazine rings is 1. The van der Waals surface area contributed by atoms with Gasteiger partial charge in [0.1, 0.15) is 24.2 Å². The minimum absolute atomic E-state index is 0.0819. The lowest BCUT2D eigenvalue weighted by Gasteiger charge is -2.33. The van der Waals surface area contributed by atoms with Gasteiger partial charge in [-0.15, -0.1) is 0 Å². The van der Waals surface area contributed by atoms with Gasteiger partial charge in [-0.3, -0.25) is 9.69 Å². The monoisotopic (exact) mass is 420 g/mol. The molecule has 1 N–H and O–H groups in total. The molecule has 0 radical (unpaired) electrons. The van der Waals surface area contributed by atoms with E-state index < -0.39 is 6.10 Å². The van der Waals surface area contributed by atoms with Crippen LogP contribution in [0.5, 0.6) is 11.5 Å². The number of amides is 1. The number of ether oxygens (including phenoxy) is 2. The van der Waals surface area contributed by atoms with Crippen LogP contribution in [0.25, 0.3) is 21.9 Å². The quantitative estimate of drug-likeness (QED) is 0.637. The van der Waals surface area contributed by atoms with Crippen LogP contribution in [0.4, 0.5) is 0 Å². The van der Waals surface area contributed by atoms with E-state index in [4.69, 9.17) is 9.47 Å². The third-order valence-electron chi connectivity index (χ3n) is 5.70. The highest BCUT2D eigenvalue weighted by atomic mass is 16.5. The lowest BCUT2D eigenvalue weighted by Crippen LogP contribution is -2.51. The molecule has 0 aromatic heterocycles. The van der Waals surface area contributed by atoms with Crippen molar-refractivity contribution in [3.05, 3.63) is 60.7 Å². The second-order valence-corrected chi connectivity index (χ2v) is 7.90. The summed E-state index contributed by atoms with van der Waals surface area (Å²) in [5, 5.41) is 12.5. The SMILES string of the molecule is COc1cccc(-c2ccc(OCC(O)CN3CCN(C)C(=O)C3)c3ccccc23)c1. The molecule has 4 rings (SSSR count). The molecule has 1 unspecified atom stereocenters. The van der Waals surface area contributed by atoms with Crippen LogP contribution in [0.15, 0.2) is 60.7 Å². The van der Waals surface area contributed by atoms with Crippen LogP contribution in [-0.2, 0) is 4.79 Å². The number of aliphatic hydroxyl groups excluding tert-OH is 1. The molecular weight excluding hydrogens is 392 g/mol. The van der Waals surface area contributed by atoms with E-state index >= 15 is 0 Å². The van der Waals surface area contributed by atoms with Crippen molar-refractivity contribution in [1.29, 1.82) is 0 Å². The van der Waals surface area contributed by atoms with Gasteiger partial charge < -0.3 is 19.5 Å². The summed E-state index contributed by atoms with van der Waals surface area (Å²) in [7, 11) is 3.47. The Bertz CT molecular complexity index is 1070.